The summed E-state index contributed by atoms with van der Waals surface area (Å²) in [7, 11) is 0. The molecular formula is C11H14FNO2. The van der Waals surface area contributed by atoms with E-state index in [0.29, 0.717) is 12.1 Å². The maximum Gasteiger partial charge on any atom is 0.329 e. The number of aliphatic carboxylic acids is 1. The fourth-order valence-electron chi connectivity index (χ4n) is 1.14. The quantitative estimate of drug-likeness (QED) is 0.804. The molecule has 1 atom stereocenters. The van der Waals surface area contributed by atoms with E-state index in [-0.39, 0.29) is 5.82 Å². The van der Waals surface area contributed by atoms with Crippen LogP contribution in [0.2, 0.25) is 0 Å². The molecule has 3 nitrogen and oxygen atoms in total. The van der Waals surface area contributed by atoms with Crippen molar-refractivity contribution < 1.29 is 14.3 Å². The van der Waals surface area contributed by atoms with Crippen molar-refractivity contribution in [1.82, 2.24) is 0 Å². The number of hydrogen-bond donors (Lipinski definition) is 2. The smallest absolute Gasteiger partial charge is 0.329 e. The van der Waals surface area contributed by atoms with Crippen molar-refractivity contribution in [3.63, 3.8) is 0 Å². The molecule has 82 valence electrons. The van der Waals surface area contributed by atoms with Gasteiger partial charge < -0.3 is 10.4 Å². The fourth-order valence-corrected chi connectivity index (χ4v) is 1.14. The van der Waals surface area contributed by atoms with Crippen LogP contribution in [0.5, 0.6) is 0 Å². The van der Waals surface area contributed by atoms with Gasteiger partial charge in [-0.2, -0.15) is 0 Å². The largest absolute Gasteiger partial charge is 0.480 e. The van der Waals surface area contributed by atoms with E-state index in [0.717, 1.165) is 0 Å². The lowest BCUT2D eigenvalue weighted by atomic mass is 9.99. The van der Waals surface area contributed by atoms with E-state index < -0.39 is 11.5 Å². The Balaban J connectivity index is 2.84. The minimum Gasteiger partial charge on any atom is -0.480 e. The average Bonchev–Trinajstić information content (AvgIpc) is 2.21. The van der Waals surface area contributed by atoms with Crippen molar-refractivity contribution >= 4 is 11.7 Å². The molecule has 0 amide bonds. The van der Waals surface area contributed by atoms with Gasteiger partial charge in [-0.05, 0) is 37.6 Å². The molecule has 4 heteroatoms. The zero-order valence-electron chi connectivity index (χ0n) is 8.75. The number of nitrogens with one attached hydrogen (secondary N) is 1. The van der Waals surface area contributed by atoms with Crippen molar-refractivity contribution in [2.45, 2.75) is 25.8 Å². The predicted octanol–water partition coefficient (Wildman–Crippen LogP) is 2.49. The summed E-state index contributed by atoms with van der Waals surface area (Å²) in [6.45, 7) is 3.38. The van der Waals surface area contributed by atoms with E-state index in [1.807, 2.05) is 0 Å². The molecule has 0 bridgehead atoms. The second kappa shape index (κ2) is 4.29. The first-order chi connectivity index (χ1) is 6.98. The molecule has 1 aromatic rings. The highest BCUT2D eigenvalue weighted by Gasteiger charge is 2.30. The number of carboxylic acids is 1. The predicted molar refractivity (Wildman–Crippen MR) is 56.4 cm³/mol. The van der Waals surface area contributed by atoms with E-state index >= 15 is 0 Å². The Morgan fingerprint density at radius 1 is 1.47 bits per heavy atom. The van der Waals surface area contributed by atoms with E-state index in [1.54, 1.807) is 13.8 Å². The van der Waals surface area contributed by atoms with Gasteiger partial charge in [0.2, 0.25) is 0 Å². The zero-order chi connectivity index (χ0) is 11.5. The van der Waals surface area contributed by atoms with E-state index in [4.69, 9.17) is 5.11 Å². The van der Waals surface area contributed by atoms with Gasteiger partial charge in [0.05, 0.1) is 0 Å². The Bertz CT molecular complexity index is 350. The van der Waals surface area contributed by atoms with Gasteiger partial charge in [-0.15, -0.1) is 0 Å². The van der Waals surface area contributed by atoms with Crippen molar-refractivity contribution in [3.8, 4) is 0 Å². The van der Waals surface area contributed by atoms with Gasteiger partial charge >= 0.3 is 5.97 Å². The second-order valence-corrected chi connectivity index (χ2v) is 3.62. The van der Waals surface area contributed by atoms with Crippen LogP contribution in [-0.4, -0.2) is 16.6 Å². The minimum absolute atomic E-state index is 0.339. The maximum absolute atomic E-state index is 12.6. The van der Waals surface area contributed by atoms with Crippen LogP contribution in [0.1, 0.15) is 20.3 Å². The van der Waals surface area contributed by atoms with Gasteiger partial charge in [-0.1, -0.05) is 6.92 Å². The first-order valence-corrected chi connectivity index (χ1v) is 4.75. The summed E-state index contributed by atoms with van der Waals surface area (Å²) < 4.78 is 12.6. The third-order valence-electron chi connectivity index (χ3n) is 2.44. The number of benzene rings is 1. The highest BCUT2D eigenvalue weighted by Crippen LogP contribution is 2.18. The topological polar surface area (TPSA) is 49.3 Å². The molecule has 0 saturated heterocycles. The third-order valence-corrected chi connectivity index (χ3v) is 2.44. The molecule has 1 unspecified atom stereocenters. The summed E-state index contributed by atoms with van der Waals surface area (Å²) in [6.07, 6.45) is 0.444. The molecule has 1 rings (SSSR count). The van der Waals surface area contributed by atoms with E-state index in [2.05, 4.69) is 5.32 Å². The Morgan fingerprint density at radius 2 is 2.00 bits per heavy atom. The number of halogens is 1. The third kappa shape index (κ3) is 2.68. The number of carbonyl (C=O) groups is 1. The van der Waals surface area contributed by atoms with Gasteiger partial charge in [0.25, 0.3) is 0 Å². The molecular weight excluding hydrogens is 197 g/mol. The Labute approximate surface area is 87.9 Å². The fraction of sp³-hybridized carbons (Fsp3) is 0.364. The molecule has 0 fully saturated rings. The van der Waals surface area contributed by atoms with Gasteiger partial charge in [0, 0.05) is 5.69 Å². The Kier molecular flexibility index (Phi) is 3.29. The Morgan fingerprint density at radius 3 is 2.40 bits per heavy atom. The van der Waals surface area contributed by atoms with Gasteiger partial charge in [-0.3, -0.25) is 0 Å². The summed E-state index contributed by atoms with van der Waals surface area (Å²) in [5.41, 5.74) is -0.416. The van der Waals surface area contributed by atoms with Crippen LogP contribution < -0.4 is 5.32 Å². The number of rotatable bonds is 4. The molecule has 1 aromatic carbocycles. The minimum atomic E-state index is -1.02. The summed E-state index contributed by atoms with van der Waals surface area (Å²) in [5, 5.41) is 11.9. The van der Waals surface area contributed by atoms with E-state index in [9.17, 15) is 9.18 Å². The molecule has 0 aliphatic carbocycles. The van der Waals surface area contributed by atoms with Crippen LogP contribution in [0.25, 0.3) is 0 Å². The molecule has 15 heavy (non-hydrogen) atoms. The monoisotopic (exact) mass is 211 g/mol. The van der Waals surface area contributed by atoms with Gasteiger partial charge in [-0.25, -0.2) is 9.18 Å². The molecule has 0 spiro atoms. The first kappa shape index (κ1) is 11.5. The first-order valence-electron chi connectivity index (χ1n) is 4.75. The van der Waals surface area contributed by atoms with Crippen molar-refractivity contribution in [2.75, 3.05) is 5.32 Å². The summed E-state index contributed by atoms with van der Waals surface area (Å²) in [5.74, 6) is -1.26. The molecule has 0 aromatic heterocycles. The molecule has 0 saturated carbocycles. The van der Waals surface area contributed by atoms with Crippen molar-refractivity contribution in [2.24, 2.45) is 0 Å². The van der Waals surface area contributed by atoms with Crippen LogP contribution in [0.4, 0.5) is 10.1 Å². The van der Waals surface area contributed by atoms with E-state index in [1.165, 1.54) is 24.3 Å². The van der Waals surface area contributed by atoms with Crippen LogP contribution in [0.3, 0.4) is 0 Å². The lowest BCUT2D eigenvalue weighted by Crippen LogP contribution is -2.42. The SMILES string of the molecule is CCC(C)(Nc1ccc(F)cc1)C(=O)O. The van der Waals surface area contributed by atoms with Gasteiger partial charge in [0.1, 0.15) is 11.4 Å². The van der Waals surface area contributed by atoms with Crippen molar-refractivity contribution in [1.29, 1.82) is 0 Å². The van der Waals surface area contributed by atoms with Gasteiger partial charge in [0.15, 0.2) is 0 Å². The second-order valence-electron chi connectivity index (χ2n) is 3.62. The van der Waals surface area contributed by atoms with Crippen molar-refractivity contribution in [3.05, 3.63) is 30.1 Å². The lowest BCUT2D eigenvalue weighted by molar-refractivity contribution is -0.141. The molecule has 0 aliphatic rings. The molecule has 0 aliphatic heterocycles. The maximum atomic E-state index is 12.6. The van der Waals surface area contributed by atoms with Crippen LogP contribution in [-0.2, 0) is 4.79 Å². The standard InChI is InChI=1S/C11H14FNO2/c1-3-11(2,10(14)15)13-9-6-4-8(12)5-7-9/h4-7,13H,3H2,1-2H3,(H,14,15). The lowest BCUT2D eigenvalue weighted by Gasteiger charge is -2.25. The average molecular weight is 211 g/mol. The summed E-state index contributed by atoms with van der Waals surface area (Å²) in [6, 6.07) is 5.62. The molecule has 0 heterocycles. The number of hydrogen-bond acceptors (Lipinski definition) is 2. The highest BCUT2D eigenvalue weighted by molar-refractivity contribution is 5.82. The van der Waals surface area contributed by atoms with Crippen LogP contribution in [0, 0.1) is 5.82 Å². The normalized spacial score (nSPS) is 14.3. The zero-order valence-corrected chi connectivity index (χ0v) is 8.75. The molecule has 0 radical (unpaired) electrons. The number of anilines is 1. The summed E-state index contributed by atoms with van der Waals surface area (Å²) in [4.78, 5) is 11.0. The number of carboxylic acid groups (broad SMARTS) is 1. The summed E-state index contributed by atoms with van der Waals surface area (Å²) >= 11 is 0. The molecule has 2 N–H and O–H groups in total. The highest BCUT2D eigenvalue weighted by atomic mass is 19.1. The van der Waals surface area contributed by atoms with Crippen LogP contribution >= 0.6 is 0 Å². The Hall–Kier alpha value is -1.58. The van der Waals surface area contributed by atoms with Crippen LogP contribution in [0.15, 0.2) is 24.3 Å².